The topological polar surface area (TPSA) is 42.0 Å². The number of carbonyl (C=O) groups is 1. The van der Waals surface area contributed by atoms with Crippen LogP contribution in [-0.4, -0.2) is 38.9 Å². The third kappa shape index (κ3) is 3.54. The number of nitrogens with zero attached hydrogens (tertiary/aromatic N) is 2. The van der Waals surface area contributed by atoms with Crippen LogP contribution in [0.2, 0.25) is 0 Å². The Kier molecular flexibility index (Phi) is 5.62. The SMILES string of the molecule is CN(C)c1ccc(/C=C/C=C/C23OCCN2c2cc(C(=O)OS)ccc2C3(C)C)cc1. The molecule has 0 N–H and O–H groups in total. The highest BCUT2D eigenvalue weighted by Gasteiger charge is 2.59. The fourth-order valence-corrected chi connectivity index (χ4v) is 4.70. The van der Waals surface area contributed by atoms with Crippen LogP contribution in [0.15, 0.2) is 60.7 Å². The van der Waals surface area contributed by atoms with Crippen LogP contribution in [0.4, 0.5) is 11.4 Å². The molecule has 6 heteroatoms. The predicted octanol–water partition coefficient (Wildman–Crippen LogP) is 4.85. The molecular weight excluding hydrogens is 408 g/mol. The van der Waals surface area contributed by atoms with Gasteiger partial charge < -0.3 is 18.7 Å². The standard InChI is InChI=1S/C25H28N2O3S/c1-24(2)21-13-10-19(23(28)30-31)17-22(21)27-15-16-29-25(24,27)14-6-5-7-18-8-11-20(12-9-18)26(3)4/h5-14,17,31H,15-16H2,1-4H3/b7-5+,14-6+. The number of carbonyl (C=O) groups excluding carboxylic acids is 1. The van der Waals surface area contributed by atoms with Gasteiger partial charge in [0.25, 0.3) is 0 Å². The second kappa shape index (κ2) is 8.09. The molecule has 1 saturated heterocycles. The number of fused-ring (bicyclic) bond motifs is 3. The van der Waals surface area contributed by atoms with Gasteiger partial charge in [-0.2, -0.15) is 0 Å². The van der Waals surface area contributed by atoms with Crippen LogP contribution in [-0.2, 0) is 14.3 Å². The van der Waals surface area contributed by atoms with E-state index in [1.807, 2.05) is 32.3 Å². The Morgan fingerprint density at radius 3 is 2.58 bits per heavy atom. The molecule has 2 aliphatic heterocycles. The van der Waals surface area contributed by atoms with Gasteiger partial charge in [-0.05, 0) is 41.5 Å². The van der Waals surface area contributed by atoms with Gasteiger partial charge in [0.15, 0.2) is 5.72 Å². The zero-order valence-corrected chi connectivity index (χ0v) is 19.2. The van der Waals surface area contributed by atoms with Gasteiger partial charge in [-0.25, -0.2) is 4.79 Å². The lowest BCUT2D eigenvalue weighted by atomic mass is 9.77. The van der Waals surface area contributed by atoms with Crippen molar-refractivity contribution in [2.24, 2.45) is 0 Å². The van der Waals surface area contributed by atoms with Crippen molar-refractivity contribution in [3.05, 3.63) is 77.4 Å². The fraction of sp³-hybridized carbons (Fsp3) is 0.320. The van der Waals surface area contributed by atoms with Crippen LogP contribution in [0, 0.1) is 0 Å². The van der Waals surface area contributed by atoms with Gasteiger partial charge in [-0.1, -0.05) is 50.3 Å². The summed E-state index contributed by atoms with van der Waals surface area (Å²) >= 11 is 3.65. The molecule has 31 heavy (non-hydrogen) atoms. The summed E-state index contributed by atoms with van der Waals surface area (Å²) in [4.78, 5) is 16.3. The highest BCUT2D eigenvalue weighted by Crippen LogP contribution is 2.55. The third-order valence-corrected chi connectivity index (χ3v) is 6.51. The quantitative estimate of drug-likeness (QED) is 0.412. The van der Waals surface area contributed by atoms with Crippen LogP contribution in [0.25, 0.3) is 6.08 Å². The minimum atomic E-state index is -0.599. The minimum absolute atomic E-state index is 0.292. The van der Waals surface area contributed by atoms with Gasteiger partial charge in [-0.3, -0.25) is 0 Å². The van der Waals surface area contributed by atoms with E-state index in [1.54, 1.807) is 6.07 Å². The molecule has 0 aromatic heterocycles. The van der Waals surface area contributed by atoms with E-state index in [1.165, 1.54) is 5.69 Å². The monoisotopic (exact) mass is 436 g/mol. The molecule has 0 spiro atoms. The summed E-state index contributed by atoms with van der Waals surface area (Å²) in [6.07, 6.45) is 8.31. The van der Waals surface area contributed by atoms with Gasteiger partial charge in [0.1, 0.15) is 0 Å². The second-order valence-corrected chi connectivity index (χ2v) is 8.82. The fourth-order valence-electron chi connectivity index (χ4n) is 4.59. The number of benzene rings is 2. The summed E-state index contributed by atoms with van der Waals surface area (Å²) in [6, 6.07) is 14.1. The largest absolute Gasteiger partial charge is 0.391 e. The molecule has 162 valence electrons. The van der Waals surface area contributed by atoms with Crippen LogP contribution >= 0.6 is 12.9 Å². The molecule has 0 bridgehead atoms. The Bertz CT molecular complexity index is 1040. The maximum absolute atomic E-state index is 12.0. The maximum Gasteiger partial charge on any atom is 0.350 e. The number of anilines is 2. The highest BCUT2D eigenvalue weighted by atomic mass is 32.1. The molecule has 0 amide bonds. The lowest BCUT2D eigenvalue weighted by Crippen LogP contribution is -2.51. The minimum Gasteiger partial charge on any atom is -0.391 e. The van der Waals surface area contributed by atoms with E-state index in [2.05, 4.69) is 83.2 Å². The Morgan fingerprint density at radius 2 is 1.90 bits per heavy atom. The Morgan fingerprint density at radius 1 is 1.16 bits per heavy atom. The van der Waals surface area contributed by atoms with E-state index in [9.17, 15) is 4.79 Å². The zero-order valence-electron chi connectivity index (χ0n) is 18.3. The highest BCUT2D eigenvalue weighted by molar-refractivity contribution is 7.75. The van der Waals surface area contributed by atoms with Crippen molar-refractivity contribution < 1.29 is 13.7 Å². The molecular formula is C25H28N2O3S. The second-order valence-electron chi connectivity index (χ2n) is 8.64. The van der Waals surface area contributed by atoms with E-state index < -0.39 is 11.7 Å². The normalized spacial score (nSPS) is 21.5. The van der Waals surface area contributed by atoms with Gasteiger partial charge in [0.05, 0.1) is 12.2 Å². The predicted molar refractivity (Wildman–Crippen MR) is 129 cm³/mol. The summed E-state index contributed by atoms with van der Waals surface area (Å²) in [5, 5.41) is 0. The molecule has 0 radical (unpaired) electrons. The van der Waals surface area contributed by atoms with E-state index in [4.69, 9.17) is 4.74 Å². The van der Waals surface area contributed by atoms with Crippen LogP contribution in [0.5, 0.6) is 0 Å². The molecule has 4 rings (SSSR count). The molecule has 0 saturated carbocycles. The molecule has 2 aromatic carbocycles. The number of ether oxygens (including phenoxy) is 1. The summed E-state index contributed by atoms with van der Waals surface area (Å²) in [5.41, 5.74) is 4.06. The first kappa shape index (κ1) is 21.5. The van der Waals surface area contributed by atoms with Crippen molar-refractivity contribution in [3.63, 3.8) is 0 Å². The Labute approximate surface area is 189 Å². The smallest absolute Gasteiger partial charge is 0.350 e. The number of allylic oxidation sites excluding steroid dienone is 2. The molecule has 1 atom stereocenters. The zero-order chi connectivity index (χ0) is 22.2. The number of hydrogen-bond donors (Lipinski definition) is 1. The van der Waals surface area contributed by atoms with Crippen molar-refractivity contribution in [2.45, 2.75) is 25.0 Å². The summed E-state index contributed by atoms with van der Waals surface area (Å²) in [6.45, 7) is 5.75. The van der Waals surface area contributed by atoms with Crippen molar-refractivity contribution in [3.8, 4) is 0 Å². The molecule has 2 heterocycles. The van der Waals surface area contributed by atoms with E-state index in [0.29, 0.717) is 12.2 Å². The summed E-state index contributed by atoms with van der Waals surface area (Å²) in [5.74, 6) is -0.458. The first-order chi connectivity index (χ1) is 14.8. The molecule has 1 unspecified atom stereocenters. The average molecular weight is 437 g/mol. The van der Waals surface area contributed by atoms with Crippen molar-refractivity contribution in [1.29, 1.82) is 0 Å². The molecule has 2 aromatic rings. The number of hydrogen-bond acceptors (Lipinski definition) is 6. The van der Waals surface area contributed by atoms with Crippen LogP contribution in [0.3, 0.4) is 0 Å². The average Bonchev–Trinajstić information content (AvgIpc) is 3.27. The molecule has 0 aliphatic carbocycles. The first-order valence-electron chi connectivity index (χ1n) is 10.4. The van der Waals surface area contributed by atoms with E-state index >= 15 is 0 Å². The summed E-state index contributed by atoms with van der Waals surface area (Å²) < 4.78 is 11.0. The lowest BCUT2D eigenvalue weighted by molar-refractivity contribution is -0.000292. The van der Waals surface area contributed by atoms with Gasteiger partial charge in [0, 0.05) is 50.3 Å². The van der Waals surface area contributed by atoms with E-state index in [0.717, 1.165) is 23.4 Å². The van der Waals surface area contributed by atoms with Crippen LogP contribution < -0.4 is 9.80 Å². The van der Waals surface area contributed by atoms with Gasteiger partial charge in [-0.15, -0.1) is 0 Å². The third-order valence-electron chi connectivity index (χ3n) is 6.35. The van der Waals surface area contributed by atoms with Gasteiger partial charge in [0.2, 0.25) is 0 Å². The Balaban J connectivity index is 1.61. The van der Waals surface area contributed by atoms with Crippen LogP contribution in [0.1, 0.15) is 35.3 Å². The Hall–Kier alpha value is -2.70. The molecule has 5 nitrogen and oxygen atoms in total. The van der Waals surface area contributed by atoms with Crippen molar-refractivity contribution in [1.82, 2.24) is 0 Å². The number of rotatable bonds is 5. The molecule has 1 fully saturated rings. The van der Waals surface area contributed by atoms with Crippen molar-refractivity contribution >= 4 is 36.3 Å². The lowest BCUT2D eigenvalue weighted by Gasteiger charge is -2.39. The maximum atomic E-state index is 12.0. The number of thiol groups is 1. The molecule has 2 aliphatic rings. The summed E-state index contributed by atoms with van der Waals surface area (Å²) in [7, 11) is 4.07. The first-order valence-corrected chi connectivity index (χ1v) is 10.7. The van der Waals surface area contributed by atoms with E-state index in [-0.39, 0.29) is 5.41 Å². The van der Waals surface area contributed by atoms with Crippen molar-refractivity contribution in [2.75, 3.05) is 37.0 Å². The van der Waals surface area contributed by atoms with Gasteiger partial charge >= 0.3 is 5.97 Å².